The predicted octanol–water partition coefficient (Wildman–Crippen LogP) is 2.57. The Labute approximate surface area is 130 Å². The van der Waals surface area contributed by atoms with Crippen LogP contribution in [0.1, 0.15) is 26.7 Å². The monoisotopic (exact) mass is 314 g/mol. The van der Waals surface area contributed by atoms with Gasteiger partial charge in [0, 0.05) is 11.6 Å². The second-order valence-corrected chi connectivity index (χ2v) is 5.31. The first-order valence-corrected chi connectivity index (χ1v) is 7.51. The Morgan fingerprint density at radius 1 is 1.33 bits per heavy atom. The van der Waals surface area contributed by atoms with Crippen LogP contribution in [0.3, 0.4) is 0 Å². The predicted molar refractivity (Wildman–Crippen MR) is 83.9 cm³/mol. The van der Waals surface area contributed by atoms with Gasteiger partial charge in [-0.05, 0) is 44.0 Å². The summed E-state index contributed by atoms with van der Waals surface area (Å²) in [5.74, 6) is 0.708. The molecule has 118 valence electrons. The number of aliphatic hydroxyl groups excluding tert-OH is 1. The Bertz CT molecular complexity index is 425. The number of rotatable bonds is 8. The molecule has 0 radical (unpaired) electrons. The van der Waals surface area contributed by atoms with Gasteiger partial charge < -0.3 is 20.5 Å². The second kappa shape index (κ2) is 9.47. The molecule has 0 aliphatic carbocycles. The molecule has 2 atom stereocenters. The van der Waals surface area contributed by atoms with Crippen molar-refractivity contribution in [2.24, 2.45) is 0 Å². The lowest BCUT2D eigenvalue weighted by Crippen LogP contribution is -2.41. The maximum atomic E-state index is 11.5. The van der Waals surface area contributed by atoms with Gasteiger partial charge >= 0.3 is 6.03 Å². The highest BCUT2D eigenvalue weighted by Crippen LogP contribution is 2.16. The van der Waals surface area contributed by atoms with Crippen LogP contribution in [0.4, 0.5) is 4.79 Å². The zero-order valence-electron chi connectivity index (χ0n) is 12.4. The molecule has 0 saturated carbocycles. The fourth-order valence-electron chi connectivity index (χ4n) is 1.64. The number of aliphatic hydroxyl groups is 1. The first-order valence-electron chi connectivity index (χ1n) is 7.13. The summed E-state index contributed by atoms with van der Waals surface area (Å²) in [5.41, 5.74) is 0. The normalized spacial score (nSPS) is 13.3. The summed E-state index contributed by atoms with van der Waals surface area (Å²) in [6.07, 6.45) is 0.728. The van der Waals surface area contributed by atoms with Gasteiger partial charge in [-0.1, -0.05) is 18.5 Å². The Balaban J connectivity index is 2.18. The highest BCUT2D eigenvalue weighted by atomic mass is 35.5. The Morgan fingerprint density at radius 2 is 2.00 bits per heavy atom. The van der Waals surface area contributed by atoms with E-state index in [1.807, 2.05) is 13.8 Å². The van der Waals surface area contributed by atoms with Crippen molar-refractivity contribution in [2.75, 3.05) is 13.1 Å². The van der Waals surface area contributed by atoms with Gasteiger partial charge in [0.25, 0.3) is 0 Å². The van der Waals surface area contributed by atoms with Crippen molar-refractivity contribution < 1.29 is 14.6 Å². The van der Waals surface area contributed by atoms with Crippen molar-refractivity contribution in [1.29, 1.82) is 0 Å². The van der Waals surface area contributed by atoms with Gasteiger partial charge in [-0.2, -0.15) is 0 Å². The molecule has 1 aromatic carbocycles. The van der Waals surface area contributed by atoms with Gasteiger partial charge in [0.2, 0.25) is 0 Å². The molecule has 1 aromatic rings. The van der Waals surface area contributed by atoms with Crippen molar-refractivity contribution in [1.82, 2.24) is 10.6 Å². The van der Waals surface area contributed by atoms with Crippen LogP contribution in [-0.4, -0.2) is 36.4 Å². The van der Waals surface area contributed by atoms with E-state index in [1.165, 1.54) is 0 Å². The van der Waals surface area contributed by atoms with Gasteiger partial charge in [0.1, 0.15) is 11.9 Å². The Hall–Kier alpha value is -1.46. The van der Waals surface area contributed by atoms with E-state index in [1.54, 1.807) is 24.3 Å². The third-order valence-electron chi connectivity index (χ3n) is 2.94. The van der Waals surface area contributed by atoms with E-state index in [4.69, 9.17) is 16.3 Å². The summed E-state index contributed by atoms with van der Waals surface area (Å²) < 4.78 is 5.64. The number of ether oxygens (including phenoxy) is 1. The average molecular weight is 315 g/mol. The number of nitrogens with one attached hydrogen (secondary N) is 2. The van der Waals surface area contributed by atoms with E-state index < -0.39 is 0 Å². The molecule has 5 nitrogen and oxygen atoms in total. The van der Waals surface area contributed by atoms with Gasteiger partial charge in [-0.15, -0.1) is 0 Å². The SMILES string of the molecule is CCC(O)CCNC(=O)NCC(C)Oc1ccc(Cl)cc1. The minimum Gasteiger partial charge on any atom is -0.489 e. The molecule has 0 bridgehead atoms. The summed E-state index contributed by atoms with van der Waals surface area (Å²) in [5, 5.41) is 15.4. The molecule has 3 N–H and O–H groups in total. The highest BCUT2D eigenvalue weighted by Gasteiger charge is 2.07. The van der Waals surface area contributed by atoms with Crippen LogP contribution in [0.15, 0.2) is 24.3 Å². The third kappa shape index (κ3) is 7.78. The zero-order chi connectivity index (χ0) is 15.7. The first kappa shape index (κ1) is 17.6. The van der Waals surface area contributed by atoms with Crippen LogP contribution in [0, 0.1) is 0 Å². The van der Waals surface area contributed by atoms with Crippen LogP contribution in [0.2, 0.25) is 5.02 Å². The van der Waals surface area contributed by atoms with E-state index in [0.717, 1.165) is 0 Å². The molecular formula is C15H23ClN2O3. The molecule has 2 amide bonds. The Morgan fingerprint density at radius 3 is 2.62 bits per heavy atom. The second-order valence-electron chi connectivity index (χ2n) is 4.87. The molecule has 0 saturated heterocycles. The average Bonchev–Trinajstić information content (AvgIpc) is 2.47. The van der Waals surface area contributed by atoms with Crippen molar-refractivity contribution in [3.05, 3.63) is 29.3 Å². The standard InChI is InChI=1S/C15H23ClN2O3/c1-3-13(19)8-9-17-15(20)18-10-11(2)21-14-6-4-12(16)5-7-14/h4-7,11,13,19H,3,8-10H2,1-2H3,(H2,17,18,20). The van der Waals surface area contributed by atoms with Gasteiger partial charge in [0.15, 0.2) is 0 Å². The number of hydrogen-bond acceptors (Lipinski definition) is 3. The molecule has 1 rings (SSSR count). The summed E-state index contributed by atoms with van der Waals surface area (Å²) in [4.78, 5) is 11.5. The number of halogens is 1. The molecule has 0 fully saturated rings. The summed E-state index contributed by atoms with van der Waals surface area (Å²) >= 11 is 5.79. The van der Waals surface area contributed by atoms with Crippen molar-refractivity contribution >= 4 is 17.6 Å². The van der Waals surface area contributed by atoms with E-state index in [2.05, 4.69) is 10.6 Å². The van der Waals surface area contributed by atoms with Gasteiger partial charge in [-0.25, -0.2) is 4.79 Å². The van der Waals surface area contributed by atoms with Crippen molar-refractivity contribution in [3.63, 3.8) is 0 Å². The van der Waals surface area contributed by atoms with Crippen molar-refractivity contribution in [2.45, 2.75) is 38.9 Å². The van der Waals surface area contributed by atoms with Crippen LogP contribution in [-0.2, 0) is 0 Å². The number of amides is 2. The topological polar surface area (TPSA) is 70.6 Å². The van der Waals surface area contributed by atoms with E-state index in [9.17, 15) is 9.90 Å². The number of urea groups is 1. The number of hydrogen-bond donors (Lipinski definition) is 3. The highest BCUT2D eigenvalue weighted by molar-refractivity contribution is 6.30. The lowest BCUT2D eigenvalue weighted by molar-refractivity contribution is 0.159. The minimum atomic E-state index is -0.363. The maximum absolute atomic E-state index is 11.5. The molecular weight excluding hydrogens is 292 g/mol. The molecule has 0 heterocycles. The van der Waals surface area contributed by atoms with Gasteiger partial charge in [0.05, 0.1) is 12.6 Å². The van der Waals surface area contributed by atoms with Crippen LogP contribution < -0.4 is 15.4 Å². The fourth-order valence-corrected chi connectivity index (χ4v) is 1.77. The van der Waals surface area contributed by atoms with Gasteiger partial charge in [-0.3, -0.25) is 0 Å². The van der Waals surface area contributed by atoms with Crippen LogP contribution in [0.5, 0.6) is 5.75 Å². The lowest BCUT2D eigenvalue weighted by Gasteiger charge is -2.16. The Kier molecular flexibility index (Phi) is 7.93. The quantitative estimate of drug-likeness (QED) is 0.690. The van der Waals surface area contributed by atoms with E-state index >= 15 is 0 Å². The number of carbonyl (C=O) groups is 1. The number of carbonyl (C=O) groups excluding carboxylic acids is 1. The zero-order valence-corrected chi connectivity index (χ0v) is 13.2. The minimum absolute atomic E-state index is 0.154. The summed E-state index contributed by atoms with van der Waals surface area (Å²) in [7, 11) is 0. The smallest absolute Gasteiger partial charge is 0.314 e. The van der Waals surface area contributed by atoms with Crippen LogP contribution in [0.25, 0.3) is 0 Å². The largest absolute Gasteiger partial charge is 0.489 e. The molecule has 2 unspecified atom stereocenters. The number of benzene rings is 1. The molecule has 21 heavy (non-hydrogen) atoms. The molecule has 0 spiro atoms. The summed E-state index contributed by atoms with van der Waals surface area (Å²) in [6.45, 7) is 4.62. The van der Waals surface area contributed by atoms with E-state index in [-0.39, 0.29) is 18.2 Å². The lowest BCUT2D eigenvalue weighted by atomic mass is 10.2. The maximum Gasteiger partial charge on any atom is 0.314 e. The molecule has 0 aliphatic rings. The molecule has 0 aliphatic heterocycles. The fraction of sp³-hybridized carbons (Fsp3) is 0.533. The van der Waals surface area contributed by atoms with Crippen LogP contribution >= 0.6 is 11.6 Å². The van der Waals surface area contributed by atoms with E-state index in [0.29, 0.717) is 36.7 Å². The van der Waals surface area contributed by atoms with Crippen molar-refractivity contribution in [3.8, 4) is 5.75 Å². The first-order chi connectivity index (χ1) is 10.0. The summed E-state index contributed by atoms with van der Waals surface area (Å²) in [6, 6.07) is 6.81. The molecule has 6 heteroatoms. The molecule has 0 aromatic heterocycles. The third-order valence-corrected chi connectivity index (χ3v) is 3.19.